The molecule has 0 aromatic heterocycles. The van der Waals surface area contributed by atoms with E-state index in [1.54, 1.807) is 11.8 Å². The normalized spacial score (nSPS) is 14.5. The zero-order valence-corrected chi connectivity index (χ0v) is 9.96. The van der Waals surface area contributed by atoms with Crippen LogP contribution in [0.25, 0.3) is 0 Å². The first kappa shape index (κ1) is 12.1. The van der Waals surface area contributed by atoms with Crippen LogP contribution in [0.1, 0.15) is 19.4 Å². The Hall–Kier alpha value is -0.960. The number of amides is 1. The molecule has 2 N–H and O–H groups in total. The third-order valence-electron chi connectivity index (χ3n) is 2.51. The summed E-state index contributed by atoms with van der Waals surface area (Å²) >= 11 is 1.77. The fraction of sp³-hybridized carbons (Fsp3) is 0.417. The lowest BCUT2D eigenvalue weighted by molar-refractivity contribution is -0.121. The van der Waals surface area contributed by atoms with Gasteiger partial charge in [-0.15, -0.1) is 0 Å². The molecular weight excluding hydrogens is 206 g/mol. The van der Waals surface area contributed by atoms with E-state index in [0.717, 1.165) is 5.75 Å². The number of nitrogens with two attached hydrogens (primary N) is 1. The fourth-order valence-electron chi connectivity index (χ4n) is 1.18. The van der Waals surface area contributed by atoms with E-state index in [4.69, 9.17) is 5.73 Å². The van der Waals surface area contributed by atoms with Gasteiger partial charge in [-0.3, -0.25) is 4.79 Å². The van der Waals surface area contributed by atoms with Crippen molar-refractivity contribution in [2.45, 2.75) is 24.9 Å². The number of rotatable bonds is 5. The lowest BCUT2D eigenvalue weighted by Gasteiger charge is -2.16. The van der Waals surface area contributed by atoms with Crippen molar-refractivity contribution < 1.29 is 4.79 Å². The molecule has 1 aromatic rings. The van der Waals surface area contributed by atoms with Crippen LogP contribution < -0.4 is 5.73 Å². The first-order valence-electron chi connectivity index (χ1n) is 5.06. The lowest BCUT2D eigenvalue weighted by Crippen LogP contribution is -2.27. The molecule has 3 heteroatoms. The summed E-state index contributed by atoms with van der Waals surface area (Å²) in [6.07, 6.45) is 0. The molecule has 1 aromatic carbocycles. The first-order chi connectivity index (χ1) is 7.11. The van der Waals surface area contributed by atoms with Gasteiger partial charge in [0.1, 0.15) is 0 Å². The van der Waals surface area contributed by atoms with Gasteiger partial charge in [-0.1, -0.05) is 44.2 Å². The van der Waals surface area contributed by atoms with Crippen LogP contribution in [-0.2, 0) is 10.5 Å². The fourth-order valence-corrected chi connectivity index (χ4v) is 2.25. The molecule has 0 saturated heterocycles. The van der Waals surface area contributed by atoms with Crippen molar-refractivity contribution in [2.24, 2.45) is 11.7 Å². The maximum Gasteiger partial charge on any atom is 0.221 e. The van der Waals surface area contributed by atoms with Gasteiger partial charge < -0.3 is 5.73 Å². The monoisotopic (exact) mass is 223 g/mol. The third kappa shape index (κ3) is 3.96. The molecule has 0 radical (unpaired) electrons. The van der Waals surface area contributed by atoms with Crippen LogP contribution in [-0.4, -0.2) is 11.2 Å². The van der Waals surface area contributed by atoms with Gasteiger partial charge in [0.25, 0.3) is 0 Å². The molecule has 0 fully saturated rings. The van der Waals surface area contributed by atoms with Gasteiger partial charge in [0.05, 0.1) is 0 Å². The van der Waals surface area contributed by atoms with Gasteiger partial charge in [-0.2, -0.15) is 11.8 Å². The van der Waals surface area contributed by atoms with E-state index in [0.29, 0.717) is 0 Å². The van der Waals surface area contributed by atoms with Crippen molar-refractivity contribution in [3.63, 3.8) is 0 Å². The van der Waals surface area contributed by atoms with Gasteiger partial charge in [0.15, 0.2) is 0 Å². The van der Waals surface area contributed by atoms with E-state index >= 15 is 0 Å². The molecule has 0 bridgehead atoms. The summed E-state index contributed by atoms with van der Waals surface area (Å²) in [5.41, 5.74) is 6.54. The molecule has 2 atom stereocenters. The molecule has 0 aliphatic rings. The highest BCUT2D eigenvalue weighted by Gasteiger charge is 2.17. The minimum Gasteiger partial charge on any atom is -0.369 e. The molecular formula is C12H17NOS. The standard InChI is InChI=1S/C12H17NOS/c1-9(12(13)14)10(2)15-8-11-6-4-3-5-7-11/h3-7,9-10H,8H2,1-2H3,(H2,13,14). The average molecular weight is 223 g/mol. The topological polar surface area (TPSA) is 43.1 Å². The number of primary amides is 1. The quantitative estimate of drug-likeness (QED) is 0.833. The Kier molecular flexibility index (Phi) is 4.69. The lowest BCUT2D eigenvalue weighted by atomic mass is 10.1. The van der Waals surface area contributed by atoms with E-state index in [9.17, 15) is 4.79 Å². The highest BCUT2D eigenvalue weighted by Crippen LogP contribution is 2.23. The highest BCUT2D eigenvalue weighted by molar-refractivity contribution is 7.99. The summed E-state index contributed by atoms with van der Waals surface area (Å²) < 4.78 is 0. The largest absolute Gasteiger partial charge is 0.369 e. The molecule has 0 saturated carbocycles. The maximum absolute atomic E-state index is 11.0. The summed E-state index contributed by atoms with van der Waals surface area (Å²) in [5.74, 6) is 0.640. The Morgan fingerprint density at radius 3 is 2.47 bits per heavy atom. The SMILES string of the molecule is CC(SCc1ccccc1)C(C)C(N)=O. The zero-order valence-electron chi connectivity index (χ0n) is 9.14. The number of hydrogen-bond donors (Lipinski definition) is 1. The second-order valence-electron chi connectivity index (χ2n) is 3.69. The summed E-state index contributed by atoms with van der Waals surface area (Å²) in [4.78, 5) is 11.0. The molecule has 1 amide bonds. The van der Waals surface area contributed by atoms with Gasteiger partial charge >= 0.3 is 0 Å². The Bertz CT molecular complexity index is 313. The number of carbonyl (C=O) groups excluding carboxylic acids is 1. The molecule has 0 aliphatic heterocycles. The summed E-state index contributed by atoms with van der Waals surface area (Å²) in [6, 6.07) is 10.2. The van der Waals surface area contributed by atoms with Crippen molar-refractivity contribution in [2.75, 3.05) is 0 Å². The van der Waals surface area contributed by atoms with Crippen LogP contribution in [0.3, 0.4) is 0 Å². The number of thioether (sulfide) groups is 1. The van der Waals surface area contributed by atoms with Crippen molar-refractivity contribution in [3.8, 4) is 0 Å². The van der Waals surface area contributed by atoms with Crippen molar-refractivity contribution >= 4 is 17.7 Å². The summed E-state index contributed by atoms with van der Waals surface area (Å²) in [7, 11) is 0. The molecule has 2 unspecified atom stereocenters. The van der Waals surface area contributed by atoms with Crippen LogP contribution >= 0.6 is 11.8 Å². The predicted octanol–water partition coefficient (Wildman–Crippen LogP) is 2.43. The van der Waals surface area contributed by atoms with Crippen molar-refractivity contribution in [1.29, 1.82) is 0 Å². The zero-order chi connectivity index (χ0) is 11.3. The molecule has 0 aliphatic carbocycles. The van der Waals surface area contributed by atoms with Crippen LogP contribution in [0.2, 0.25) is 0 Å². The summed E-state index contributed by atoms with van der Waals surface area (Å²) in [5, 5.41) is 0.266. The Morgan fingerprint density at radius 2 is 1.93 bits per heavy atom. The second-order valence-corrected chi connectivity index (χ2v) is 5.06. The van der Waals surface area contributed by atoms with E-state index in [2.05, 4.69) is 12.1 Å². The number of benzene rings is 1. The number of hydrogen-bond acceptors (Lipinski definition) is 2. The molecule has 82 valence electrons. The molecule has 0 heterocycles. The molecule has 15 heavy (non-hydrogen) atoms. The number of carbonyl (C=O) groups is 1. The minimum atomic E-state index is -0.219. The van der Waals surface area contributed by atoms with Gasteiger partial charge in [-0.05, 0) is 5.56 Å². The molecule has 0 spiro atoms. The smallest absolute Gasteiger partial charge is 0.221 e. The minimum absolute atomic E-state index is 0.0706. The van der Waals surface area contributed by atoms with E-state index in [1.165, 1.54) is 5.56 Å². The average Bonchev–Trinajstić information content (AvgIpc) is 2.26. The van der Waals surface area contributed by atoms with Crippen molar-refractivity contribution in [1.82, 2.24) is 0 Å². The maximum atomic E-state index is 11.0. The summed E-state index contributed by atoms with van der Waals surface area (Å²) in [6.45, 7) is 3.92. The van der Waals surface area contributed by atoms with Gasteiger partial charge in [0.2, 0.25) is 5.91 Å². The highest BCUT2D eigenvalue weighted by atomic mass is 32.2. The van der Waals surface area contributed by atoms with Crippen LogP contribution in [0, 0.1) is 5.92 Å². The predicted molar refractivity (Wildman–Crippen MR) is 65.6 cm³/mol. The van der Waals surface area contributed by atoms with Gasteiger partial charge in [0, 0.05) is 16.9 Å². The molecule has 1 rings (SSSR count). The first-order valence-corrected chi connectivity index (χ1v) is 6.11. The molecule has 2 nitrogen and oxygen atoms in total. The van der Waals surface area contributed by atoms with Crippen LogP contribution in [0.15, 0.2) is 30.3 Å². The van der Waals surface area contributed by atoms with Crippen LogP contribution in [0.4, 0.5) is 0 Å². The second kappa shape index (κ2) is 5.81. The Balaban J connectivity index is 2.41. The van der Waals surface area contributed by atoms with Crippen molar-refractivity contribution in [3.05, 3.63) is 35.9 Å². The van der Waals surface area contributed by atoms with E-state index in [1.807, 2.05) is 32.0 Å². The Labute approximate surface area is 95.2 Å². The van der Waals surface area contributed by atoms with Gasteiger partial charge in [-0.25, -0.2) is 0 Å². The third-order valence-corrected chi connectivity index (χ3v) is 3.94. The van der Waals surface area contributed by atoms with E-state index < -0.39 is 0 Å². The van der Waals surface area contributed by atoms with E-state index in [-0.39, 0.29) is 17.1 Å². The van der Waals surface area contributed by atoms with Crippen LogP contribution in [0.5, 0.6) is 0 Å². The Morgan fingerprint density at radius 1 is 1.33 bits per heavy atom.